The second-order valence-electron chi connectivity index (χ2n) is 4.84. The molecule has 0 spiro atoms. The van der Waals surface area contributed by atoms with E-state index in [1.807, 2.05) is 0 Å². The van der Waals surface area contributed by atoms with Crippen molar-refractivity contribution >= 4 is 5.97 Å². The molecule has 0 radical (unpaired) electrons. The number of nitrogens with one attached hydrogen (secondary N) is 1. The lowest BCUT2D eigenvalue weighted by atomic mass is 9.82. The molecule has 2 fully saturated rings. The normalized spacial score (nSPS) is 32.9. The molecule has 1 N–H and O–H groups in total. The van der Waals surface area contributed by atoms with Crippen LogP contribution in [0.25, 0.3) is 0 Å². The van der Waals surface area contributed by atoms with Gasteiger partial charge in [0.2, 0.25) is 0 Å². The van der Waals surface area contributed by atoms with Gasteiger partial charge in [0.25, 0.3) is 0 Å². The Morgan fingerprint density at radius 3 is 2.33 bits per heavy atom. The molecule has 2 rings (SSSR count). The lowest BCUT2D eigenvalue weighted by molar-refractivity contribution is -0.146. The molecule has 1 saturated heterocycles. The summed E-state index contributed by atoms with van der Waals surface area (Å²) < 4.78 is 4.71. The second-order valence-corrected chi connectivity index (χ2v) is 4.84. The van der Waals surface area contributed by atoms with Crippen LogP contribution < -0.4 is 5.32 Å². The first-order chi connectivity index (χ1) is 7.31. The summed E-state index contributed by atoms with van der Waals surface area (Å²) in [6, 6.07) is 0.551. The lowest BCUT2D eigenvalue weighted by Crippen LogP contribution is -2.59. The number of esters is 1. The Morgan fingerprint density at radius 2 is 1.80 bits per heavy atom. The van der Waals surface area contributed by atoms with Gasteiger partial charge in [-0.3, -0.25) is 4.79 Å². The zero-order valence-corrected chi connectivity index (χ0v) is 9.50. The molecular weight excluding hydrogens is 190 g/mol. The highest BCUT2D eigenvalue weighted by Gasteiger charge is 2.38. The fourth-order valence-electron chi connectivity index (χ4n) is 2.84. The van der Waals surface area contributed by atoms with Crippen molar-refractivity contribution in [2.24, 2.45) is 5.92 Å². The lowest BCUT2D eigenvalue weighted by Gasteiger charge is -2.40. The average Bonchev–Trinajstić information content (AvgIpc) is 2.44. The van der Waals surface area contributed by atoms with E-state index < -0.39 is 0 Å². The molecule has 1 saturated carbocycles. The van der Waals surface area contributed by atoms with E-state index in [4.69, 9.17) is 4.74 Å². The van der Waals surface area contributed by atoms with Gasteiger partial charge in [0.05, 0.1) is 7.11 Å². The van der Waals surface area contributed by atoms with Crippen LogP contribution in [0.2, 0.25) is 0 Å². The van der Waals surface area contributed by atoms with Crippen LogP contribution in [0.3, 0.4) is 0 Å². The summed E-state index contributed by atoms with van der Waals surface area (Å²) in [5.74, 6) is 0.702. The zero-order chi connectivity index (χ0) is 10.7. The molecule has 0 aromatic carbocycles. The molecule has 15 heavy (non-hydrogen) atoms. The topological polar surface area (TPSA) is 38.3 Å². The maximum Gasteiger partial charge on any atom is 0.322 e. The van der Waals surface area contributed by atoms with E-state index in [-0.39, 0.29) is 12.0 Å². The Kier molecular flexibility index (Phi) is 3.62. The Morgan fingerprint density at radius 1 is 1.20 bits per heavy atom. The molecule has 3 nitrogen and oxygen atoms in total. The summed E-state index contributed by atoms with van der Waals surface area (Å²) in [5, 5.41) is 3.35. The minimum atomic E-state index is -0.0973. The first-order valence-electron chi connectivity index (χ1n) is 6.15. The third-order valence-electron chi connectivity index (χ3n) is 3.86. The fraction of sp³-hybridized carbons (Fsp3) is 0.917. The van der Waals surface area contributed by atoms with Gasteiger partial charge in [0, 0.05) is 6.04 Å². The highest BCUT2D eigenvalue weighted by Crippen LogP contribution is 2.31. The highest BCUT2D eigenvalue weighted by molar-refractivity contribution is 5.76. The molecule has 2 atom stereocenters. The first kappa shape index (κ1) is 10.9. The maximum atomic E-state index is 11.2. The van der Waals surface area contributed by atoms with E-state index in [0.717, 1.165) is 12.3 Å². The quantitative estimate of drug-likeness (QED) is 0.559. The Hall–Kier alpha value is -0.570. The van der Waals surface area contributed by atoms with Crippen LogP contribution in [0, 0.1) is 5.92 Å². The van der Waals surface area contributed by atoms with Gasteiger partial charge in [0.1, 0.15) is 6.04 Å². The number of rotatable bonds is 2. The monoisotopic (exact) mass is 211 g/mol. The van der Waals surface area contributed by atoms with Crippen LogP contribution >= 0.6 is 0 Å². The fourth-order valence-corrected chi connectivity index (χ4v) is 2.84. The number of hydrogen-bond donors (Lipinski definition) is 1. The van der Waals surface area contributed by atoms with Crippen LogP contribution in [0.15, 0.2) is 0 Å². The third kappa shape index (κ3) is 2.51. The number of carbonyl (C=O) groups is 1. The van der Waals surface area contributed by atoms with Gasteiger partial charge in [0.15, 0.2) is 0 Å². The molecule has 86 valence electrons. The highest BCUT2D eigenvalue weighted by atomic mass is 16.5. The molecule has 1 heterocycles. The van der Waals surface area contributed by atoms with Crippen molar-refractivity contribution in [1.29, 1.82) is 0 Å². The summed E-state index contributed by atoms with van der Waals surface area (Å²) in [6.45, 7) is 0. The number of ether oxygens (including phenoxy) is 1. The summed E-state index contributed by atoms with van der Waals surface area (Å²) in [6.07, 6.45) is 9.18. The molecule has 1 aliphatic heterocycles. The van der Waals surface area contributed by atoms with Gasteiger partial charge in [-0.25, -0.2) is 0 Å². The Balaban J connectivity index is 1.75. The molecule has 0 amide bonds. The van der Waals surface area contributed by atoms with Crippen LogP contribution in [0.4, 0.5) is 0 Å². The van der Waals surface area contributed by atoms with Crippen molar-refractivity contribution in [2.75, 3.05) is 7.11 Å². The van der Waals surface area contributed by atoms with E-state index in [2.05, 4.69) is 5.32 Å². The van der Waals surface area contributed by atoms with Crippen LogP contribution in [0.1, 0.15) is 44.9 Å². The van der Waals surface area contributed by atoms with E-state index in [1.54, 1.807) is 0 Å². The summed E-state index contributed by atoms with van der Waals surface area (Å²) in [7, 11) is 1.46. The predicted molar refractivity (Wildman–Crippen MR) is 58.5 cm³/mol. The van der Waals surface area contributed by atoms with E-state index >= 15 is 0 Å². The average molecular weight is 211 g/mol. The number of carbonyl (C=O) groups excluding carboxylic acids is 1. The summed E-state index contributed by atoms with van der Waals surface area (Å²) in [5.41, 5.74) is 0. The van der Waals surface area contributed by atoms with Crippen molar-refractivity contribution in [3.63, 3.8) is 0 Å². The van der Waals surface area contributed by atoms with Crippen molar-refractivity contribution in [2.45, 2.75) is 57.0 Å². The van der Waals surface area contributed by atoms with E-state index in [0.29, 0.717) is 6.04 Å². The predicted octanol–water partition coefficient (Wildman–Crippen LogP) is 1.86. The van der Waals surface area contributed by atoms with Gasteiger partial charge in [-0.1, -0.05) is 25.7 Å². The van der Waals surface area contributed by atoms with Gasteiger partial charge in [-0.15, -0.1) is 0 Å². The first-order valence-corrected chi connectivity index (χ1v) is 6.15. The number of methoxy groups -OCH3 is 1. The molecule has 0 aromatic heterocycles. The van der Waals surface area contributed by atoms with Crippen LogP contribution in [-0.2, 0) is 9.53 Å². The smallest absolute Gasteiger partial charge is 0.322 e. The molecule has 2 aliphatic rings. The van der Waals surface area contributed by atoms with Crippen LogP contribution in [0.5, 0.6) is 0 Å². The van der Waals surface area contributed by atoms with Crippen molar-refractivity contribution in [1.82, 2.24) is 5.32 Å². The molecule has 2 unspecified atom stereocenters. The van der Waals surface area contributed by atoms with Gasteiger partial charge in [-0.05, 0) is 25.2 Å². The zero-order valence-electron chi connectivity index (χ0n) is 9.50. The Bertz CT molecular complexity index is 216. The minimum absolute atomic E-state index is 0.0248. The third-order valence-corrected chi connectivity index (χ3v) is 3.86. The van der Waals surface area contributed by atoms with Crippen molar-refractivity contribution in [3.05, 3.63) is 0 Å². The SMILES string of the molecule is COC(=O)C1CC(C2CCCCCC2)N1. The van der Waals surface area contributed by atoms with E-state index in [9.17, 15) is 4.79 Å². The van der Waals surface area contributed by atoms with Crippen molar-refractivity contribution in [3.8, 4) is 0 Å². The molecule has 1 aliphatic carbocycles. The second kappa shape index (κ2) is 4.97. The van der Waals surface area contributed by atoms with E-state index in [1.165, 1.54) is 45.6 Å². The number of hydrogen-bond acceptors (Lipinski definition) is 3. The molecular formula is C12H21NO2. The molecule has 0 aromatic rings. The minimum Gasteiger partial charge on any atom is -0.468 e. The van der Waals surface area contributed by atoms with Crippen molar-refractivity contribution < 1.29 is 9.53 Å². The Labute approximate surface area is 91.6 Å². The summed E-state index contributed by atoms with van der Waals surface area (Å²) in [4.78, 5) is 11.2. The molecule has 0 bridgehead atoms. The van der Waals surface area contributed by atoms with Gasteiger partial charge < -0.3 is 10.1 Å². The van der Waals surface area contributed by atoms with Gasteiger partial charge in [-0.2, -0.15) is 0 Å². The standard InChI is InChI=1S/C12H21NO2/c1-15-12(14)11-8-10(13-11)9-6-4-2-3-5-7-9/h9-11,13H,2-8H2,1H3. The summed E-state index contributed by atoms with van der Waals surface area (Å²) >= 11 is 0. The largest absolute Gasteiger partial charge is 0.468 e. The van der Waals surface area contributed by atoms with Gasteiger partial charge >= 0.3 is 5.97 Å². The maximum absolute atomic E-state index is 11.2. The molecule has 3 heteroatoms. The van der Waals surface area contributed by atoms with Crippen LogP contribution in [-0.4, -0.2) is 25.2 Å².